The molecule has 4 atom stereocenters. The molecule has 0 aromatic carbocycles. The van der Waals surface area contributed by atoms with Crippen LogP contribution in [0, 0.1) is 16.7 Å². The van der Waals surface area contributed by atoms with Crippen LogP contribution in [0.3, 0.4) is 0 Å². The Balaban J connectivity index is 1.85. The smallest absolute Gasteiger partial charge is 0.0897 e. The first kappa shape index (κ1) is 15.3. The van der Waals surface area contributed by atoms with E-state index in [1.165, 1.54) is 19.3 Å². The third-order valence-electron chi connectivity index (χ3n) is 5.45. The number of hydrogen-bond donors (Lipinski definition) is 2. The zero-order chi connectivity index (χ0) is 14.3. The molecule has 2 bridgehead atoms. The van der Waals surface area contributed by atoms with Gasteiger partial charge >= 0.3 is 0 Å². The molecule has 0 aromatic heterocycles. The second-order valence-electron chi connectivity index (χ2n) is 7.79. The highest BCUT2D eigenvalue weighted by atomic mass is 16.5. The molecule has 19 heavy (non-hydrogen) atoms. The summed E-state index contributed by atoms with van der Waals surface area (Å²) in [5.41, 5.74) is 0.776. The van der Waals surface area contributed by atoms with Crippen molar-refractivity contribution in [1.29, 1.82) is 0 Å². The van der Waals surface area contributed by atoms with Crippen LogP contribution in [0.25, 0.3) is 0 Å². The van der Waals surface area contributed by atoms with E-state index < -0.39 is 6.10 Å². The summed E-state index contributed by atoms with van der Waals surface area (Å²) in [5.74, 6) is 0.846. The highest BCUT2D eigenvalue weighted by Crippen LogP contribution is 2.62. The lowest BCUT2D eigenvalue weighted by Gasteiger charge is -2.43. The maximum atomic E-state index is 10.00. The zero-order valence-electron chi connectivity index (χ0n) is 13.2. The van der Waals surface area contributed by atoms with Gasteiger partial charge in [0.2, 0.25) is 0 Å². The van der Waals surface area contributed by atoms with Crippen molar-refractivity contribution in [2.75, 3.05) is 13.2 Å². The lowest BCUT2D eigenvalue weighted by molar-refractivity contribution is -0.000283. The van der Waals surface area contributed by atoms with Crippen molar-refractivity contribution in [2.24, 2.45) is 16.7 Å². The summed E-state index contributed by atoms with van der Waals surface area (Å²) in [7, 11) is 0. The third-order valence-corrected chi connectivity index (χ3v) is 5.45. The molecule has 2 saturated carbocycles. The molecule has 3 nitrogen and oxygen atoms in total. The second-order valence-corrected chi connectivity index (χ2v) is 7.79. The number of fused-ring (bicyclic) bond motifs is 2. The molecule has 0 heterocycles. The molecule has 0 spiro atoms. The fourth-order valence-corrected chi connectivity index (χ4v) is 4.43. The van der Waals surface area contributed by atoms with Gasteiger partial charge < -0.3 is 15.2 Å². The molecule has 2 aliphatic carbocycles. The number of ether oxygens (including phenoxy) is 1. The summed E-state index contributed by atoms with van der Waals surface area (Å²) in [6, 6.07) is 0.521. The van der Waals surface area contributed by atoms with Gasteiger partial charge in [-0.15, -0.1) is 0 Å². The molecule has 0 aromatic rings. The van der Waals surface area contributed by atoms with Gasteiger partial charge in [0, 0.05) is 12.6 Å². The molecule has 0 radical (unpaired) electrons. The number of aliphatic hydroxyl groups is 1. The standard InChI is InChI=1S/C16H31NO2/c1-11(2)19-10-13(18)9-17-14-15(3,4)12-6-7-16(14,5)8-12/h11-14,17-18H,6-10H2,1-5H3. The van der Waals surface area contributed by atoms with E-state index in [0.29, 0.717) is 30.0 Å². The average molecular weight is 269 g/mol. The van der Waals surface area contributed by atoms with E-state index in [1.54, 1.807) is 0 Å². The summed E-state index contributed by atoms with van der Waals surface area (Å²) in [4.78, 5) is 0. The van der Waals surface area contributed by atoms with E-state index in [-0.39, 0.29) is 6.10 Å². The van der Waals surface area contributed by atoms with Crippen LogP contribution in [-0.4, -0.2) is 36.5 Å². The third kappa shape index (κ3) is 2.98. The van der Waals surface area contributed by atoms with Gasteiger partial charge in [-0.25, -0.2) is 0 Å². The molecule has 2 fully saturated rings. The first-order valence-electron chi connectivity index (χ1n) is 7.79. The molecule has 2 aliphatic rings. The normalized spacial score (nSPS) is 38.1. The average Bonchev–Trinajstić information content (AvgIpc) is 2.77. The van der Waals surface area contributed by atoms with Crippen molar-refractivity contribution >= 4 is 0 Å². The zero-order valence-corrected chi connectivity index (χ0v) is 13.2. The first-order chi connectivity index (χ1) is 8.75. The minimum atomic E-state index is -0.402. The van der Waals surface area contributed by atoms with Crippen molar-refractivity contribution in [3.05, 3.63) is 0 Å². The van der Waals surface area contributed by atoms with E-state index >= 15 is 0 Å². The van der Waals surface area contributed by atoms with Gasteiger partial charge in [0.05, 0.1) is 18.8 Å². The SMILES string of the molecule is CC(C)OCC(O)CNC1C2(C)CCC(C2)C1(C)C. The van der Waals surface area contributed by atoms with Crippen molar-refractivity contribution in [3.8, 4) is 0 Å². The van der Waals surface area contributed by atoms with Crippen LogP contribution in [0.1, 0.15) is 53.9 Å². The Morgan fingerprint density at radius 1 is 1.32 bits per heavy atom. The Morgan fingerprint density at radius 3 is 2.53 bits per heavy atom. The van der Waals surface area contributed by atoms with E-state index in [0.717, 1.165) is 5.92 Å². The van der Waals surface area contributed by atoms with Crippen molar-refractivity contribution in [1.82, 2.24) is 5.32 Å². The van der Waals surface area contributed by atoms with Gasteiger partial charge in [0.25, 0.3) is 0 Å². The molecule has 3 heteroatoms. The van der Waals surface area contributed by atoms with Gasteiger partial charge in [-0.3, -0.25) is 0 Å². The Bertz CT molecular complexity index is 311. The molecular formula is C16H31NO2. The summed E-state index contributed by atoms with van der Waals surface area (Å²) in [6.45, 7) is 12.3. The van der Waals surface area contributed by atoms with Crippen molar-refractivity contribution in [3.63, 3.8) is 0 Å². The van der Waals surface area contributed by atoms with Crippen molar-refractivity contribution in [2.45, 2.75) is 72.1 Å². The van der Waals surface area contributed by atoms with E-state index in [4.69, 9.17) is 4.74 Å². The molecular weight excluding hydrogens is 238 g/mol. The number of nitrogens with one attached hydrogen (secondary N) is 1. The van der Waals surface area contributed by atoms with Crippen LogP contribution in [0.2, 0.25) is 0 Å². The maximum Gasteiger partial charge on any atom is 0.0897 e. The van der Waals surface area contributed by atoms with Crippen LogP contribution in [0.5, 0.6) is 0 Å². The van der Waals surface area contributed by atoms with Gasteiger partial charge in [0.15, 0.2) is 0 Å². The van der Waals surface area contributed by atoms with E-state index in [2.05, 4.69) is 26.1 Å². The summed E-state index contributed by atoms with van der Waals surface area (Å²) in [5, 5.41) is 13.6. The molecule has 0 amide bonds. The number of hydrogen-bond acceptors (Lipinski definition) is 3. The Hall–Kier alpha value is -0.120. The topological polar surface area (TPSA) is 41.5 Å². The van der Waals surface area contributed by atoms with Crippen LogP contribution in [0.15, 0.2) is 0 Å². The molecule has 2 N–H and O–H groups in total. The minimum absolute atomic E-state index is 0.186. The molecule has 0 aliphatic heterocycles. The molecule has 4 unspecified atom stereocenters. The summed E-state index contributed by atoms with van der Waals surface area (Å²) >= 11 is 0. The summed E-state index contributed by atoms with van der Waals surface area (Å²) < 4.78 is 5.47. The second kappa shape index (κ2) is 5.34. The predicted octanol–water partition coefficient (Wildman–Crippen LogP) is 2.58. The predicted molar refractivity (Wildman–Crippen MR) is 78.1 cm³/mol. The van der Waals surface area contributed by atoms with Crippen molar-refractivity contribution < 1.29 is 9.84 Å². The number of aliphatic hydroxyl groups excluding tert-OH is 1. The largest absolute Gasteiger partial charge is 0.389 e. The quantitative estimate of drug-likeness (QED) is 0.779. The van der Waals surface area contributed by atoms with E-state index in [9.17, 15) is 5.11 Å². The Kier molecular flexibility index (Phi) is 4.29. The maximum absolute atomic E-state index is 10.00. The van der Waals surface area contributed by atoms with Crippen LogP contribution in [0.4, 0.5) is 0 Å². The molecule has 112 valence electrons. The Labute approximate surface area is 118 Å². The first-order valence-corrected chi connectivity index (χ1v) is 7.79. The monoisotopic (exact) mass is 269 g/mol. The fraction of sp³-hybridized carbons (Fsp3) is 1.00. The van der Waals surface area contributed by atoms with Crippen LogP contribution >= 0.6 is 0 Å². The van der Waals surface area contributed by atoms with Crippen LogP contribution < -0.4 is 5.32 Å². The van der Waals surface area contributed by atoms with Gasteiger partial charge in [-0.05, 0) is 49.9 Å². The van der Waals surface area contributed by atoms with E-state index in [1.807, 2.05) is 13.8 Å². The van der Waals surface area contributed by atoms with Gasteiger partial charge in [-0.1, -0.05) is 20.8 Å². The highest BCUT2D eigenvalue weighted by Gasteiger charge is 2.58. The fourth-order valence-electron chi connectivity index (χ4n) is 4.43. The van der Waals surface area contributed by atoms with Gasteiger partial charge in [0.1, 0.15) is 0 Å². The summed E-state index contributed by atoms with van der Waals surface area (Å²) in [6.07, 6.45) is 3.83. The minimum Gasteiger partial charge on any atom is -0.389 e. The lowest BCUT2D eigenvalue weighted by Crippen LogP contribution is -2.52. The van der Waals surface area contributed by atoms with Crippen LogP contribution in [-0.2, 0) is 4.74 Å². The lowest BCUT2D eigenvalue weighted by atomic mass is 9.68. The highest BCUT2D eigenvalue weighted by molar-refractivity contribution is 5.12. The number of rotatable bonds is 6. The molecule has 0 saturated heterocycles. The Morgan fingerprint density at radius 2 is 2.00 bits per heavy atom. The van der Waals surface area contributed by atoms with Gasteiger partial charge in [-0.2, -0.15) is 0 Å². The molecule has 2 rings (SSSR count).